The van der Waals surface area contributed by atoms with Crippen molar-refractivity contribution in [2.24, 2.45) is 0 Å². The number of carbonyl (C=O) groups excluding carboxylic acids is 3. The van der Waals surface area contributed by atoms with Gasteiger partial charge in [0.1, 0.15) is 12.3 Å². The first-order valence-corrected chi connectivity index (χ1v) is 8.43. The maximum Gasteiger partial charge on any atom is 0.325 e. The molecule has 0 spiro atoms. The van der Waals surface area contributed by atoms with Crippen LogP contribution in [0.5, 0.6) is 5.75 Å². The second kappa shape index (κ2) is 9.83. The van der Waals surface area contributed by atoms with E-state index in [1.807, 2.05) is 0 Å². The highest BCUT2D eigenvalue weighted by Crippen LogP contribution is 2.21. The standard InChI is InChI=1S/C19H19N3O7/c1-12-9-14(22(26)27)5-8-16(12)21-17(23)11-29-18(24)10-20-19(25)13-3-6-15(28-2)7-4-13/h3-9H,10-11H2,1-2H3,(H,20,25)(H,21,23). The van der Waals surface area contributed by atoms with E-state index in [9.17, 15) is 24.5 Å². The molecule has 2 N–H and O–H groups in total. The van der Waals surface area contributed by atoms with Gasteiger partial charge >= 0.3 is 5.97 Å². The van der Waals surface area contributed by atoms with E-state index in [4.69, 9.17) is 9.47 Å². The van der Waals surface area contributed by atoms with E-state index < -0.39 is 35.9 Å². The van der Waals surface area contributed by atoms with Crippen LogP contribution in [0, 0.1) is 17.0 Å². The fraction of sp³-hybridized carbons (Fsp3) is 0.211. The van der Waals surface area contributed by atoms with E-state index in [0.717, 1.165) is 0 Å². The number of methoxy groups -OCH3 is 1. The highest BCUT2D eigenvalue weighted by molar-refractivity contribution is 5.96. The fourth-order valence-electron chi connectivity index (χ4n) is 2.28. The van der Waals surface area contributed by atoms with Gasteiger partial charge in [-0.2, -0.15) is 0 Å². The Morgan fingerprint density at radius 3 is 2.38 bits per heavy atom. The first kappa shape index (κ1) is 21.4. The number of hydrogen-bond acceptors (Lipinski definition) is 7. The minimum Gasteiger partial charge on any atom is -0.497 e. The lowest BCUT2D eigenvalue weighted by Crippen LogP contribution is -2.32. The van der Waals surface area contributed by atoms with Gasteiger partial charge in [-0.3, -0.25) is 24.5 Å². The van der Waals surface area contributed by atoms with Crippen LogP contribution in [0.4, 0.5) is 11.4 Å². The Hall–Kier alpha value is -3.95. The van der Waals surface area contributed by atoms with Crippen molar-refractivity contribution in [2.45, 2.75) is 6.92 Å². The first-order valence-electron chi connectivity index (χ1n) is 8.43. The van der Waals surface area contributed by atoms with Gasteiger partial charge in [-0.1, -0.05) is 0 Å². The zero-order valence-electron chi connectivity index (χ0n) is 15.8. The lowest BCUT2D eigenvalue weighted by Gasteiger charge is -2.09. The second-order valence-electron chi connectivity index (χ2n) is 5.88. The van der Waals surface area contributed by atoms with Crippen molar-refractivity contribution in [2.75, 3.05) is 25.6 Å². The van der Waals surface area contributed by atoms with Crippen molar-refractivity contribution in [3.63, 3.8) is 0 Å². The maximum atomic E-state index is 12.0. The molecule has 29 heavy (non-hydrogen) atoms. The Morgan fingerprint density at radius 2 is 1.79 bits per heavy atom. The Morgan fingerprint density at radius 1 is 1.10 bits per heavy atom. The summed E-state index contributed by atoms with van der Waals surface area (Å²) in [6, 6.07) is 10.3. The minimum atomic E-state index is -0.789. The van der Waals surface area contributed by atoms with Crippen molar-refractivity contribution in [3.05, 3.63) is 63.7 Å². The molecule has 0 aromatic heterocycles. The zero-order chi connectivity index (χ0) is 21.4. The van der Waals surface area contributed by atoms with Crippen LogP contribution in [0.25, 0.3) is 0 Å². The number of aryl methyl sites for hydroxylation is 1. The summed E-state index contributed by atoms with van der Waals surface area (Å²) in [4.78, 5) is 45.7. The van der Waals surface area contributed by atoms with E-state index in [0.29, 0.717) is 22.6 Å². The molecule has 0 unspecified atom stereocenters. The molecule has 2 rings (SSSR count). The van der Waals surface area contributed by atoms with Gasteiger partial charge in [-0.15, -0.1) is 0 Å². The van der Waals surface area contributed by atoms with Crippen molar-refractivity contribution in [1.82, 2.24) is 5.32 Å². The van der Waals surface area contributed by atoms with Crippen LogP contribution in [0.3, 0.4) is 0 Å². The molecule has 2 amide bonds. The van der Waals surface area contributed by atoms with Gasteiger partial charge < -0.3 is 20.1 Å². The second-order valence-corrected chi connectivity index (χ2v) is 5.88. The third-order valence-electron chi connectivity index (χ3n) is 3.80. The van der Waals surface area contributed by atoms with Crippen LogP contribution in [0.2, 0.25) is 0 Å². The third kappa shape index (κ3) is 6.31. The predicted octanol–water partition coefficient (Wildman–Crippen LogP) is 1.82. The number of carbonyl (C=O) groups is 3. The van der Waals surface area contributed by atoms with Gasteiger partial charge in [0, 0.05) is 23.4 Å². The molecule has 152 valence electrons. The summed E-state index contributed by atoms with van der Waals surface area (Å²) >= 11 is 0. The normalized spacial score (nSPS) is 10.0. The molecule has 0 aliphatic rings. The highest BCUT2D eigenvalue weighted by atomic mass is 16.6. The summed E-state index contributed by atoms with van der Waals surface area (Å²) in [7, 11) is 1.50. The summed E-state index contributed by atoms with van der Waals surface area (Å²) in [6.45, 7) is 0.631. The molecule has 2 aromatic carbocycles. The molecule has 10 heteroatoms. The van der Waals surface area contributed by atoms with Gasteiger partial charge in [0.25, 0.3) is 17.5 Å². The summed E-state index contributed by atoms with van der Waals surface area (Å²) in [5.74, 6) is -1.29. The monoisotopic (exact) mass is 401 g/mol. The fourth-order valence-corrected chi connectivity index (χ4v) is 2.28. The average molecular weight is 401 g/mol. The number of nitrogens with zero attached hydrogens (tertiary/aromatic N) is 1. The maximum absolute atomic E-state index is 12.0. The number of nitrogens with one attached hydrogen (secondary N) is 2. The number of anilines is 1. The number of nitro benzene ring substituents is 1. The van der Waals surface area contributed by atoms with Gasteiger partial charge in [-0.25, -0.2) is 0 Å². The van der Waals surface area contributed by atoms with E-state index >= 15 is 0 Å². The Labute approximate surface area is 166 Å². The van der Waals surface area contributed by atoms with Gasteiger partial charge in [-0.05, 0) is 42.8 Å². The topological polar surface area (TPSA) is 137 Å². The number of hydrogen-bond donors (Lipinski definition) is 2. The lowest BCUT2D eigenvalue weighted by molar-refractivity contribution is -0.384. The molecule has 0 saturated heterocycles. The smallest absolute Gasteiger partial charge is 0.325 e. The zero-order valence-corrected chi connectivity index (χ0v) is 15.8. The number of benzene rings is 2. The van der Waals surface area contributed by atoms with Crippen LogP contribution >= 0.6 is 0 Å². The molecule has 0 aliphatic heterocycles. The minimum absolute atomic E-state index is 0.0977. The van der Waals surface area contributed by atoms with Crippen LogP contribution in [-0.2, 0) is 14.3 Å². The summed E-state index contributed by atoms with van der Waals surface area (Å²) < 4.78 is 9.80. The summed E-state index contributed by atoms with van der Waals surface area (Å²) in [5, 5.41) is 15.6. The molecule has 0 saturated carbocycles. The van der Waals surface area contributed by atoms with Crippen molar-refractivity contribution >= 4 is 29.2 Å². The number of nitro groups is 1. The number of non-ortho nitro benzene ring substituents is 1. The van der Waals surface area contributed by atoms with Crippen LogP contribution in [-0.4, -0.2) is 43.0 Å². The molecule has 0 heterocycles. The third-order valence-corrected chi connectivity index (χ3v) is 3.80. The molecule has 0 atom stereocenters. The Balaban J connectivity index is 1.77. The quantitative estimate of drug-likeness (QED) is 0.391. The van der Waals surface area contributed by atoms with Crippen LogP contribution in [0.1, 0.15) is 15.9 Å². The molecule has 2 aromatic rings. The van der Waals surface area contributed by atoms with Crippen molar-refractivity contribution < 1.29 is 28.8 Å². The Kier molecular flexibility index (Phi) is 7.24. The highest BCUT2D eigenvalue weighted by Gasteiger charge is 2.13. The molecular formula is C19H19N3O7. The number of ether oxygens (including phenoxy) is 2. The summed E-state index contributed by atoms with van der Waals surface area (Å²) in [5.41, 5.74) is 1.10. The van der Waals surface area contributed by atoms with E-state index in [2.05, 4.69) is 10.6 Å². The molecular weight excluding hydrogens is 382 g/mol. The predicted molar refractivity (Wildman–Crippen MR) is 103 cm³/mol. The van der Waals surface area contributed by atoms with Gasteiger partial charge in [0.2, 0.25) is 0 Å². The number of esters is 1. The van der Waals surface area contributed by atoms with E-state index in [1.54, 1.807) is 31.2 Å². The summed E-state index contributed by atoms with van der Waals surface area (Å²) in [6.07, 6.45) is 0. The molecule has 0 bridgehead atoms. The average Bonchev–Trinajstić information content (AvgIpc) is 2.71. The first-order chi connectivity index (χ1) is 13.8. The van der Waals surface area contributed by atoms with Gasteiger partial charge in [0.05, 0.1) is 12.0 Å². The lowest BCUT2D eigenvalue weighted by atomic mass is 10.2. The molecule has 0 radical (unpaired) electrons. The number of amides is 2. The van der Waals surface area contributed by atoms with Gasteiger partial charge in [0.15, 0.2) is 6.61 Å². The Bertz CT molecular complexity index is 926. The molecule has 0 fully saturated rings. The van der Waals surface area contributed by atoms with Crippen LogP contribution in [0.15, 0.2) is 42.5 Å². The van der Waals surface area contributed by atoms with Crippen LogP contribution < -0.4 is 15.4 Å². The molecule has 0 aliphatic carbocycles. The largest absolute Gasteiger partial charge is 0.497 e. The van der Waals surface area contributed by atoms with Crippen molar-refractivity contribution in [1.29, 1.82) is 0 Å². The van der Waals surface area contributed by atoms with E-state index in [1.165, 1.54) is 25.3 Å². The molecule has 10 nitrogen and oxygen atoms in total. The number of rotatable bonds is 8. The van der Waals surface area contributed by atoms with E-state index in [-0.39, 0.29) is 5.69 Å². The van der Waals surface area contributed by atoms with Crippen molar-refractivity contribution in [3.8, 4) is 5.75 Å². The SMILES string of the molecule is COc1ccc(C(=O)NCC(=O)OCC(=O)Nc2ccc([N+](=O)[O-])cc2C)cc1.